The minimum absolute atomic E-state index is 0.0593. The zero-order chi connectivity index (χ0) is 26.6. The summed E-state index contributed by atoms with van der Waals surface area (Å²) in [4.78, 5) is 28.3. The minimum atomic E-state index is -0.702. The first-order valence-electron chi connectivity index (χ1n) is 13.3. The number of carbonyl (C=O) groups is 2. The topological polar surface area (TPSA) is 76.1 Å². The van der Waals surface area contributed by atoms with Crippen molar-refractivity contribution >= 4 is 17.4 Å². The molecule has 2 heterocycles. The fraction of sp³-hybridized carbons (Fsp3) is 0.312. The summed E-state index contributed by atoms with van der Waals surface area (Å²) in [7, 11) is 0. The van der Waals surface area contributed by atoms with Crippen molar-refractivity contribution in [2.24, 2.45) is 0 Å². The number of unbranched alkanes of at least 4 members (excludes halogenated alkanes) is 1. The predicted octanol–water partition coefficient (Wildman–Crippen LogP) is 5.85. The van der Waals surface area contributed by atoms with Gasteiger partial charge >= 0.3 is 0 Å². The molecule has 6 heteroatoms. The third-order valence-electron chi connectivity index (χ3n) is 7.16. The van der Waals surface area contributed by atoms with Gasteiger partial charge < -0.3 is 19.5 Å². The number of ketones is 1. The minimum Gasteiger partial charge on any atom is -0.507 e. The second-order valence-corrected chi connectivity index (χ2v) is 9.95. The molecule has 1 amide bonds. The van der Waals surface area contributed by atoms with Gasteiger partial charge in [0.15, 0.2) is 0 Å². The highest BCUT2D eigenvalue weighted by atomic mass is 16.5. The number of amides is 1. The van der Waals surface area contributed by atoms with E-state index in [4.69, 9.17) is 9.47 Å². The number of ether oxygens (including phenoxy) is 2. The summed E-state index contributed by atoms with van der Waals surface area (Å²) >= 11 is 0. The van der Waals surface area contributed by atoms with Crippen LogP contribution in [0.25, 0.3) is 5.76 Å². The maximum Gasteiger partial charge on any atom is 0.295 e. The van der Waals surface area contributed by atoms with Crippen molar-refractivity contribution in [2.75, 3.05) is 13.2 Å². The molecule has 2 aliphatic rings. The summed E-state index contributed by atoms with van der Waals surface area (Å²) in [6.45, 7) is 5.08. The molecule has 6 nitrogen and oxygen atoms in total. The highest BCUT2D eigenvalue weighted by Gasteiger charge is 2.46. The molecular weight excluding hydrogens is 478 g/mol. The van der Waals surface area contributed by atoms with Crippen LogP contribution in [0.15, 0.2) is 78.4 Å². The van der Waals surface area contributed by atoms with Gasteiger partial charge in [-0.15, -0.1) is 0 Å². The Labute approximate surface area is 223 Å². The van der Waals surface area contributed by atoms with E-state index in [1.807, 2.05) is 73.7 Å². The Balaban J connectivity index is 1.52. The Morgan fingerprint density at radius 1 is 1.05 bits per heavy atom. The summed E-state index contributed by atoms with van der Waals surface area (Å²) in [5.41, 5.74) is 3.41. The van der Waals surface area contributed by atoms with Gasteiger partial charge in [-0.25, -0.2) is 0 Å². The quantitative estimate of drug-likeness (QED) is 0.169. The lowest BCUT2D eigenvalue weighted by atomic mass is 9.94. The van der Waals surface area contributed by atoms with Crippen LogP contribution in [0.3, 0.4) is 0 Å². The van der Waals surface area contributed by atoms with Crippen molar-refractivity contribution in [3.63, 3.8) is 0 Å². The molecule has 0 radical (unpaired) electrons. The smallest absolute Gasteiger partial charge is 0.295 e. The Hall–Kier alpha value is -4.06. The zero-order valence-corrected chi connectivity index (χ0v) is 21.9. The standard InChI is InChI=1S/C32H33NO5/c1-3-4-18-37-26-13-10-23(11-14-26)29-28(30(34)24-12-15-27-25(20-24)19-21(2)38-27)31(35)32(36)33(29)17-16-22-8-6-5-7-9-22/h5-15,20-21,29,34H,3-4,16-19H2,1-2H3/t21-,29+/m1/s1. The van der Waals surface area contributed by atoms with Crippen LogP contribution in [0, 0.1) is 0 Å². The number of fused-ring (bicyclic) bond motifs is 1. The predicted molar refractivity (Wildman–Crippen MR) is 146 cm³/mol. The maximum atomic E-state index is 13.4. The molecule has 38 heavy (non-hydrogen) atoms. The third kappa shape index (κ3) is 5.17. The second-order valence-electron chi connectivity index (χ2n) is 9.95. The molecule has 1 saturated heterocycles. The van der Waals surface area contributed by atoms with Crippen molar-refractivity contribution in [1.82, 2.24) is 4.90 Å². The van der Waals surface area contributed by atoms with Crippen molar-refractivity contribution in [2.45, 2.75) is 51.7 Å². The highest BCUT2D eigenvalue weighted by Crippen LogP contribution is 2.41. The van der Waals surface area contributed by atoms with E-state index >= 15 is 0 Å². The monoisotopic (exact) mass is 511 g/mol. The maximum absolute atomic E-state index is 13.4. The molecule has 0 aliphatic carbocycles. The largest absolute Gasteiger partial charge is 0.507 e. The first-order valence-corrected chi connectivity index (χ1v) is 13.3. The Morgan fingerprint density at radius 3 is 2.55 bits per heavy atom. The molecular formula is C32H33NO5. The van der Waals surface area contributed by atoms with Crippen molar-refractivity contribution < 1.29 is 24.2 Å². The normalized spacial score (nSPS) is 19.9. The molecule has 2 atom stereocenters. The molecule has 0 aromatic heterocycles. The molecule has 3 aromatic rings. The van der Waals surface area contributed by atoms with Gasteiger partial charge in [0.2, 0.25) is 0 Å². The average molecular weight is 512 g/mol. The number of hydrogen-bond donors (Lipinski definition) is 1. The first-order chi connectivity index (χ1) is 18.5. The fourth-order valence-corrected chi connectivity index (χ4v) is 5.16. The number of carbonyl (C=O) groups excluding carboxylic acids is 2. The van der Waals surface area contributed by atoms with E-state index in [-0.39, 0.29) is 17.4 Å². The molecule has 3 aromatic carbocycles. The molecule has 1 N–H and O–H groups in total. The Morgan fingerprint density at radius 2 is 1.82 bits per heavy atom. The van der Waals surface area contributed by atoms with Gasteiger partial charge in [-0.05, 0) is 66.8 Å². The van der Waals surface area contributed by atoms with Crippen molar-refractivity contribution in [1.29, 1.82) is 0 Å². The SMILES string of the molecule is CCCCOc1ccc([C@H]2C(=C(O)c3ccc4c(c3)C[C@@H](C)O4)C(=O)C(=O)N2CCc2ccccc2)cc1. The van der Waals surface area contributed by atoms with Crippen LogP contribution < -0.4 is 9.47 Å². The lowest BCUT2D eigenvalue weighted by Gasteiger charge is -2.25. The average Bonchev–Trinajstić information content (AvgIpc) is 3.43. The van der Waals surface area contributed by atoms with E-state index in [0.717, 1.165) is 47.5 Å². The number of nitrogens with zero attached hydrogens (tertiary/aromatic N) is 1. The summed E-state index contributed by atoms with van der Waals surface area (Å²) in [6, 6.07) is 22.0. The van der Waals surface area contributed by atoms with Gasteiger partial charge in [-0.3, -0.25) is 9.59 Å². The number of rotatable bonds is 9. The van der Waals surface area contributed by atoms with Crippen LogP contribution in [-0.4, -0.2) is 41.0 Å². The van der Waals surface area contributed by atoms with E-state index in [0.29, 0.717) is 25.1 Å². The van der Waals surface area contributed by atoms with Gasteiger partial charge in [0.25, 0.3) is 11.7 Å². The molecule has 196 valence electrons. The first kappa shape index (κ1) is 25.6. The van der Waals surface area contributed by atoms with Gasteiger partial charge in [-0.2, -0.15) is 0 Å². The van der Waals surface area contributed by atoms with Crippen molar-refractivity contribution in [3.8, 4) is 11.5 Å². The number of Topliss-reactive ketones (excluding diaryl/α,β-unsaturated/α-hetero) is 1. The second kappa shape index (κ2) is 11.1. The van der Waals surface area contributed by atoms with Crippen LogP contribution in [0.4, 0.5) is 0 Å². The molecule has 0 spiro atoms. The Kier molecular flexibility index (Phi) is 7.50. The van der Waals surface area contributed by atoms with E-state index in [1.54, 1.807) is 11.0 Å². The van der Waals surface area contributed by atoms with E-state index in [2.05, 4.69) is 6.92 Å². The van der Waals surface area contributed by atoms with E-state index < -0.39 is 17.7 Å². The van der Waals surface area contributed by atoms with Gasteiger partial charge in [0, 0.05) is 18.5 Å². The number of likely N-dealkylation sites (tertiary alicyclic amines) is 1. The number of aliphatic hydroxyl groups excluding tert-OH is 1. The van der Waals surface area contributed by atoms with Crippen LogP contribution in [0.1, 0.15) is 55.0 Å². The van der Waals surface area contributed by atoms with Crippen LogP contribution in [0.5, 0.6) is 11.5 Å². The highest BCUT2D eigenvalue weighted by molar-refractivity contribution is 6.46. The number of hydrogen-bond acceptors (Lipinski definition) is 5. The van der Waals surface area contributed by atoms with E-state index in [9.17, 15) is 14.7 Å². The third-order valence-corrected chi connectivity index (χ3v) is 7.16. The van der Waals surface area contributed by atoms with Gasteiger partial charge in [0.1, 0.15) is 23.4 Å². The number of aliphatic hydroxyl groups is 1. The number of benzene rings is 3. The molecule has 0 bridgehead atoms. The zero-order valence-electron chi connectivity index (χ0n) is 21.9. The van der Waals surface area contributed by atoms with Crippen LogP contribution in [-0.2, 0) is 22.4 Å². The molecule has 0 unspecified atom stereocenters. The van der Waals surface area contributed by atoms with Gasteiger partial charge in [-0.1, -0.05) is 55.8 Å². The van der Waals surface area contributed by atoms with Gasteiger partial charge in [0.05, 0.1) is 18.2 Å². The molecule has 5 rings (SSSR count). The lowest BCUT2D eigenvalue weighted by Crippen LogP contribution is -2.31. The van der Waals surface area contributed by atoms with Crippen LogP contribution >= 0.6 is 0 Å². The summed E-state index contributed by atoms with van der Waals surface area (Å²) in [6.07, 6.45) is 3.39. The molecule has 1 fully saturated rings. The molecule has 0 saturated carbocycles. The lowest BCUT2D eigenvalue weighted by molar-refractivity contribution is -0.139. The van der Waals surface area contributed by atoms with Crippen LogP contribution in [0.2, 0.25) is 0 Å². The van der Waals surface area contributed by atoms with Crippen molar-refractivity contribution in [3.05, 3.63) is 101 Å². The molecule has 2 aliphatic heterocycles. The summed E-state index contributed by atoms with van der Waals surface area (Å²) in [5, 5.41) is 11.5. The Bertz CT molecular complexity index is 1350. The van der Waals surface area contributed by atoms with E-state index in [1.165, 1.54) is 0 Å². The fourth-order valence-electron chi connectivity index (χ4n) is 5.16. The summed E-state index contributed by atoms with van der Waals surface area (Å²) < 4.78 is 11.6. The summed E-state index contributed by atoms with van der Waals surface area (Å²) in [5.74, 6) is 0.0766.